The van der Waals surface area contributed by atoms with Crippen LogP contribution in [0.4, 0.5) is 0 Å². The number of nitrogens with zero attached hydrogens (tertiary/aromatic N) is 1. The van der Waals surface area contributed by atoms with E-state index in [0.717, 1.165) is 5.75 Å². The molecule has 0 unspecified atom stereocenters. The molecule has 0 radical (unpaired) electrons. The number of nitrogens with one attached hydrogen (secondary N) is 2. The molecule has 0 aliphatic carbocycles. The molecule has 1 aliphatic heterocycles. The Kier molecular flexibility index (Phi) is 5.17. The van der Waals surface area contributed by atoms with Crippen molar-refractivity contribution in [3.05, 3.63) is 57.4 Å². The number of hydrogen-bond donors (Lipinski definition) is 2. The van der Waals surface area contributed by atoms with Gasteiger partial charge < -0.3 is 19.4 Å². The van der Waals surface area contributed by atoms with E-state index in [1.165, 1.54) is 16.8 Å². The Labute approximate surface area is 143 Å². The maximum Gasteiger partial charge on any atom is 0.328 e. The van der Waals surface area contributed by atoms with Gasteiger partial charge in [0.1, 0.15) is 12.7 Å². The Bertz CT molecular complexity index is 858. The van der Waals surface area contributed by atoms with Crippen molar-refractivity contribution in [1.29, 1.82) is 0 Å². The molecule has 1 aromatic carbocycles. The molecule has 2 N–H and O–H groups in total. The molecular formula is C17H19N3O5. The molecule has 0 saturated carbocycles. The first-order valence-electron chi connectivity index (χ1n) is 8.07. The van der Waals surface area contributed by atoms with Gasteiger partial charge in [0, 0.05) is 38.2 Å². The van der Waals surface area contributed by atoms with Gasteiger partial charge in [-0.05, 0) is 12.1 Å². The van der Waals surface area contributed by atoms with E-state index in [2.05, 4.69) is 10.3 Å². The van der Waals surface area contributed by atoms with Crippen LogP contribution < -0.4 is 26.0 Å². The number of rotatable bonds is 6. The van der Waals surface area contributed by atoms with Crippen LogP contribution in [-0.4, -0.2) is 34.7 Å². The average molecular weight is 345 g/mol. The smallest absolute Gasteiger partial charge is 0.328 e. The molecule has 2 aromatic rings. The molecule has 0 bridgehead atoms. The third-order valence-electron chi connectivity index (χ3n) is 3.83. The Morgan fingerprint density at radius 3 is 2.84 bits per heavy atom. The van der Waals surface area contributed by atoms with Crippen LogP contribution in [0.5, 0.6) is 11.5 Å². The van der Waals surface area contributed by atoms with E-state index in [1.54, 1.807) is 0 Å². The van der Waals surface area contributed by atoms with Crippen molar-refractivity contribution in [2.45, 2.75) is 25.5 Å². The fourth-order valence-electron chi connectivity index (χ4n) is 2.51. The fourth-order valence-corrected chi connectivity index (χ4v) is 2.51. The summed E-state index contributed by atoms with van der Waals surface area (Å²) >= 11 is 0. The molecule has 2 heterocycles. The SMILES string of the molecule is O=C(CCn1ccc(=O)[nH]c1=O)NCC[C@@H]1COc2ccccc2O1. The summed E-state index contributed by atoms with van der Waals surface area (Å²) in [5.74, 6) is 1.27. The molecule has 0 saturated heterocycles. The maximum absolute atomic E-state index is 11.9. The first kappa shape index (κ1) is 16.8. The molecule has 0 fully saturated rings. The first-order valence-corrected chi connectivity index (χ1v) is 8.07. The van der Waals surface area contributed by atoms with Crippen LogP contribution in [0.15, 0.2) is 46.1 Å². The zero-order chi connectivity index (χ0) is 17.6. The normalized spacial score (nSPS) is 15.6. The number of carbonyl (C=O) groups is 1. The largest absolute Gasteiger partial charge is 0.486 e. The Balaban J connectivity index is 1.40. The number of H-pyrrole nitrogens is 1. The third kappa shape index (κ3) is 4.50. The molecular weight excluding hydrogens is 326 g/mol. The van der Waals surface area contributed by atoms with Gasteiger partial charge in [-0.15, -0.1) is 0 Å². The van der Waals surface area contributed by atoms with Gasteiger partial charge in [-0.3, -0.25) is 14.6 Å². The van der Waals surface area contributed by atoms with Crippen molar-refractivity contribution in [1.82, 2.24) is 14.9 Å². The summed E-state index contributed by atoms with van der Waals surface area (Å²) in [7, 11) is 0. The summed E-state index contributed by atoms with van der Waals surface area (Å²) in [5, 5.41) is 2.79. The van der Waals surface area contributed by atoms with Gasteiger partial charge in [-0.25, -0.2) is 4.79 Å². The van der Waals surface area contributed by atoms with Crippen LogP contribution in [0.1, 0.15) is 12.8 Å². The average Bonchev–Trinajstić information content (AvgIpc) is 2.61. The predicted octanol–water partition coefficient (Wildman–Crippen LogP) is 0.273. The van der Waals surface area contributed by atoms with Gasteiger partial charge in [0.15, 0.2) is 11.5 Å². The van der Waals surface area contributed by atoms with Crippen molar-refractivity contribution in [2.24, 2.45) is 0 Å². The molecule has 8 heteroatoms. The molecule has 132 valence electrons. The third-order valence-corrected chi connectivity index (χ3v) is 3.83. The topological polar surface area (TPSA) is 102 Å². The number of carbonyl (C=O) groups excluding carboxylic acids is 1. The summed E-state index contributed by atoms with van der Waals surface area (Å²) in [4.78, 5) is 36.5. The fraction of sp³-hybridized carbons (Fsp3) is 0.353. The number of hydrogen-bond acceptors (Lipinski definition) is 5. The molecule has 1 aromatic heterocycles. The van der Waals surface area contributed by atoms with E-state index in [9.17, 15) is 14.4 Å². The highest BCUT2D eigenvalue weighted by molar-refractivity contribution is 5.75. The lowest BCUT2D eigenvalue weighted by atomic mass is 10.2. The number of fused-ring (bicyclic) bond motifs is 1. The lowest BCUT2D eigenvalue weighted by Crippen LogP contribution is -2.35. The Morgan fingerprint density at radius 1 is 1.24 bits per heavy atom. The molecule has 1 atom stereocenters. The van der Waals surface area contributed by atoms with Gasteiger partial charge in [-0.2, -0.15) is 0 Å². The van der Waals surface area contributed by atoms with E-state index in [4.69, 9.17) is 9.47 Å². The molecule has 8 nitrogen and oxygen atoms in total. The van der Waals surface area contributed by atoms with Crippen LogP contribution in [0.2, 0.25) is 0 Å². The minimum Gasteiger partial charge on any atom is -0.486 e. The highest BCUT2D eigenvalue weighted by atomic mass is 16.6. The first-order chi connectivity index (χ1) is 12.1. The van der Waals surface area contributed by atoms with E-state index in [-0.39, 0.29) is 25.0 Å². The van der Waals surface area contributed by atoms with Crippen LogP contribution in [0, 0.1) is 0 Å². The number of aryl methyl sites for hydroxylation is 1. The van der Waals surface area contributed by atoms with E-state index < -0.39 is 11.2 Å². The lowest BCUT2D eigenvalue weighted by molar-refractivity contribution is -0.121. The standard InChI is InChI=1S/C17H19N3O5/c21-15(6-9-20-10-7-16(22)19-17(20)23)18-8-5-12-11-24-13-3-1-2-4-14(13)25-12/h1-4,7,10,12H,5-6,8-9,11H2,(H,18,21)(H,19,22,23)/t12-/m1/s1. The number of benzene rings is 1. The van der Waals surface area contributed by atoms with Gasteiger partial charge >= 0.3 is 5.69 Å². The Morgan fingerprint density at radius 2 is 2.04 bits per heavy atom. The van der Waals surface area contributed by atoms with Crippen LogP contribution in [-0.2, 0) is 11.3 Å². The minimum absolute atomic E-state index is 0.114. The monoisotopic (exact) mass is 345 g/mol. The number of ether oxygens (including phenoxy) is 2. The summed E-state index contributed by atoms with van der Waals surface area (Å²) in [6, 6.07) is 8.72. The number of aromatic amines is 1. The van der Waals surface area contributed by atoms with Crippen molar-refractivity contribution in [3.63, 3.8) is 0 Å². The lowest BCUT2D eigenvalue weighted by Gasteiger charge is -2.26. The van der Waals surface area contributed by atoms with Gasteiger partial charge in [0.25, 0.3) is 5.56 Å². The van der Waals surface area contributed by atoms with Gasteiger partial charge in [0.05, 0.1) is 0 Å². The van der Waals surface area contributed by atoms with Gasteiger partial charge in [-0.1, -0.05) is 12.1 Å². The Hall–Kier alpha value is -3.03. The van der Waals surface area contributed by atoms with Crippen molar-refractivity contribution >= 4 is 5.91 Å². The maximum atomic E-state index is 11.9. The summed E-state index contributed by atoms with van der Waals surface area (Å²) < 4.78 is 12.7. The molecule has 1 aliphatic rings. The molecule has 25 heavy (non-hydrogen) atoms. The predicted molar refractivity (Wildman–Crippen MR) is 89.9 cm³/mol. The summed E-state index contributed by atoms with van der Waals surface area (Å²) in [6.45, 7) is 1.10. The summed E-state index contributed by atoms with van der Waals surface area (Å²) in [5.41, 5.74) is -0.978. The highest BCUT2D eigenvalue weighted by Gasteiger charge is 2.20. The minimum atomic E-state index is -0.522. The zero-order valence-corrected chi connectivity index (χ0v) is 13.6. The van der Waals surface area contributed by atoms with Crippen LogP contribution in [0.25, 0.3) is 0 Å². The van der Waals surface area contributed by atoms with E-state index in [0.29, 0.717) is 25.3 Å². The quantitative estimate of drug-likeness (QED) is 0.782. The number of aromatic nitrogens is 2. The zero-order valence-electron chi connectivity index (χ0n) is 13.6. The van der Waals surface area contributed by atoms with Crippen LogP contribution >= 0.6 is 0 Å². The summed E-state index contributed by atoms with van der Waals surface area (Å²) in [6.07, 6.45) is 2.03. The van der Waals surface area contributed by atoms with E-state index >= 15 is 0 Å². The second kappa shape index (κ2) is 7.69. The van der Waals surface area contributed by atoms with E-state index in [1.807, 2.05) is 24.3 Å². The highest BCUT2D eigenvalue weighted by Crippen LogP contribution is 2.31. The second-order valence-corrected chi connectivity index (χ2v) is 5.69. The number of para-hydroxylation sites is 2. The van der Waals surface area contributed by atoms with Gasteiger partial charge in [0.2, 0.25) is 5.91 Å². The molecule has 0 spiro atoms. The van der Waals surface area contributed by atoms with Crippen molar-refractivity contribution in [3.8, 4) is 11.5 Å². The van der Waals surface area contributed by atoms with Crippen molar-refractivity contribution < 1.29 is 14.3 Å². The number of amides is 1. The van der Waals surface area contributed by atoms with Crippen LogP contribution in [0.3, 0.4) is 0 Å². The second-order valence-electron chi connectivity index (χ2n) is 5.69. The molecule has 1 amide bonds. The van der Waals surface area contributed by atoms with Crippen molar-refractivity contribution in [2.75, 3.05) is 13.2 Å². The molecule has 3 rings (SSSR count).